The lowest BCUT2D eigenvalue weighted by Crippen LogP contribution is -2.49. The molecule has 8 heteroatoms. The zero-order valence-corrected chi connectivity index (χ0v) is 11.8. The molecule has 0 aliphatic carbocycles. The molecule has 2 aromatic heterocycles. The Bertz CT molecular complexity index is 697. The first-order valence-corrected chi connectivity index (χ1v) is 6.56. The van der Waals surface area contributed by atoms with Gasteiger partial charge in [-0.05, 0) is 13.0 Å². The van der Waals surface area contributed by atoms with E-state index in [0.29, 0.717) is 10.7 Å². The van der Waals surface area contributed by atoms with E-state index in [9.17, 15) is 4.39 Å². The van der Waals surface area contributed by atoms with Gasteiger partial charge in [0.2, 0.25) is 0 Å². The minimum atomic E-state index is -1.28. The van der Waals surface area contributed by atoms with Crippen molar-refractivity contribution in [3.8, 4) is 0 Å². The van der Waals surface area contributed by atoms with E-state index in [2.05, 4.69) is 20.4 Å². The number of pyridine rings is 1. The summed E-state index contributed by atoms with van der Waals surface area (Å²) in [7, 11) is 1.78. The molecular weight excluding hydrogens is 283 g/mol. The average molecular weight is 297 g/mol. The highest BCUT2D eigenvalue weighted by atomic mass is 35.5. The van der Waals surface area contributed by atoms with Crippen LogP contribution >= 0.6 is 11.6 Å². The summed E-state index contributed by atoms with van der Waals surface area (Å²) in [5.41, 5.74) is 6.98. The summed E-state index contributed by atoms with van der Waals surface area (Å²) in [6, 6.07) is 1.35. The van der Waals surface area contributed by atoms with E-state index < -0.39 is 18.4 Å². The van der Waals surface area contributed by atoms with Gasteiger partial charge in [0, 0.05) is 24.7 Å². The largest absolute Gasteiger partial charge is 0.385 e. The highest BCUT2D eigenvalue weighted by Crippen LogP contribution is 2.28. The van der Waals surface area contributed by atoms with Crippen LogP contribution < -0.4 is 11.1 Å². The second-order valence-corrected chi connectivity index (χ2v) is 5.28. The van der Waals surface area contributed by atoms with Crippen LogP contribution in [0.1, 0.15) is 18.8 Å². The number of aliphatic imine (C=N–C) groups is 1. The van der Waals surface area contributed by atoms with Crippen molar-refractivity contribution in [2.75, 3.05) is 0 Å². The highest BCUT2D eigenvalue weighted by Gasteiger charge is 2.31. The average Bonchev–Trinajstić information content (AvgIpc) is 2.70. The van der Waals surface area contributed by atoms with Crippen molar-refractivity contribution in [1.29, 1.82) is 0 Å². The molecule has 0 radical (unpaired) electrons. The molecule has 1 aliphatic heterocycles. The summed E-state index contributed by atoms with van der Waals surface area (Å²) in [4.78, 5) is 8.34. The van der Waals surface area contributed by atoms with Gasteiger partial charge in [0.05, 0.1) is 10.7 Å². The number of rotatable bonds is 1. The van der Waals surface area contributed by atoms with Crippen LogP contribution in [0.3, 0.4) is 0 Å². The maximum atomic E-state index is 13.7. The Labute approximate surface area is 119 Å². The highest BCUT2D eigenvalue weighted by molar-refractivity contribution is 6.31. The van der Waals surface area contributed by atoms with E-state index in [1.807, 2.05) is 0 Å². The van der Waals surface area contributed by atoms with Gasteiger partial charge in [0.15, 0.2) is 11.8 Å². The first kappa shape index (κ1) is 13.3. The van der Waals surface area contributed by atoms with Crippen LogP contribution in [-0.2, 0) is 7.05 Å². The van der Waals surface area contributed by atoms with Crippen molar-refractivity contribution in [2.24, 2.45) is 17.8 Å². The number of aryl methyl sites for hydroxylation is 1. The molecular formula is C12H14ClFN6. The van der Waals surface area contributed by atoms with E-state index in [1.54, 1.807) is 24.7 Å². The van der Waals surface area contributed by atoms with E-state index in [0.717, 1.165) is 11.1 Å². The van der Waals surface area contributed by atoms with Crippen LogP contribution in [0.25, 0.3) is 11.0 Å². The molecule has 0 amide bonds. The summed E-state index contributed by atoms with van der Waals surface area (Å²) in [5.74, 6) is -0.00872. The predicted octanol–water partition coefficient (Wildman–Crippen LogP) is 1.31. The number of nitrogens with one attached hydrogen (secondary N) is 1. The second-order valence-electron chi connectivity index (χ2n) is 4.85. The molecule has 0 aromatic carbocycles. The number of amidine groups is 1. The lowest BCUT2D eigenvalue weighted by Gasteiger charge is -2.28. The maximum absolute atomic E-state index is 13.7. The summed E-state index contributed by atoms with van der Waals surface area (Å²) < 4.78 is 15.4. The van der Waals surface area contributed by atoms with Crippen LogP contribution in [0, 0.1) is 0 Å². The number of nitrogens with two attached hydrogens (primary N) is 1. The quantitative estimate of drug-likeness (QED) is 0.831. The van der Waals surface area contributed by atoms with Gasteiger partial charge < -0.3 is 5.73 Å². The minimum absolute atomic E-state index is 0.00872. The molecule has 106 valence electrons. The van der Waals surface area contributed by atoms with Crippen LogP contribution in [0.15, 0.2) is 17.3 Å². The lowest BCUT2D eigenvalue weighted by atomic mass is 10.1. The van der Waals surface area contributed by atoms with Gasteiger partial charge in [0.1, 0.15) is 12.0 Å². The number of fused-ring (bicyclic) bond motifs is 1. The summed E-state index contributed by atoms with van der Waals surface area (Å²) in [5, 5.41) is 8.67. The summed E-state index contributed by atoms with van der Waals surface area (Å²) in [6.07, 6.45) is -0.216. The number of hydrogen-bond acceptors (Lipinski definition) is 5. The Morgan fingerprint density at radius 3 is 2.95 bits per heavy atom. The number of alkyl halides is 1. The monoisotopic (exact) mass is 296 g/mol. The fourth-order valence-electron chi connectivity index (χ4n) is 2.38. The van der Waals surface area contributed by atoms with Crippen molar-refractivity contribution in [1.82, 2.24) is 20.1 Å². The second kappa shape index (κ2) is 4.68. The number of halogens is 2. The van der Waals surface area contributed by atoms with Gasteiger partial charge in [-0.3, -0.25) is 10.00 Å². The molecule has 20 heavy (non-hydrogen) atoms. The third-order valence-electron chi connectivity index (χ3n) is 3.38. The van der Waals surface area contributed by atoms with Crippen molar-refractivity contribution in [3.63, 3.8) is 0 Å². The van der Waals surface area contributed by atoms with Gasteiger partial charge in [-0.2, -0.15) is 5.10 Å². The molecule has 0 spiro atoms. The number of aromatic nitrogens is 3. The normalized spacial score (nSPS) is 26.8. The molecule has 0 saturated carbocycles. The van der Waals surface area contributed by atoms with Gasteiger partial charge >= 0.3 is 0 Å². The third kappa shape index (κ3) is 2.03. The number of hydrogen-bond donors (Lipinski definition) is 2. The van der Waals surface area contributed by atoms with E-state index >= 15 is 0 Å². The molecule has 2 aromatic rings. The van der Waals surface area contributed by atoms with Gasteiger partial charge in [-0.25, -0.2) is 14.4 Å². The number of nitrogens with zero attached hydrogens (tertiary/aromatic N) is 4. The Balaban J connectivity index is 2.15. The molecule has 3 rings (SSSR count). The van der Waals surface area contributed by atoms with E-state index in [4.69, 9.17) is 17.3 Å². The van der Waals surface area contributed by atoms with Gasteiger partial charge in [0.25, 0.3) is 0 Å². The van der Waals surface area contributed by atoms with E-state index in [1.165, 1.54) is 6.20 Å². The standard InChI is InChI=1S/C12H14ClFN6/c1-5-8(14)10(15)18-12(17-5)9-7-3-6(13)4-16-11(7)19-20(9)2/h3-5,8,12,17H,1-2H3,(H2,15,18). The molecule has 3 unspecified atom stereocenters. The maximum Gasteiger partial charge on any atom is 0.181 e. The zero-order valence-electron chi connectivity index (χ0n) is 11.0. The summed E-state index contributed by atoms with van der Waals surface area (Å²) >= 11 is 5.98. The van der Waals surface area contributed by atoms with Crippen molar-refractivity contribution >= 4 is 28.5 Å². The van der Waals surface area contributed by atoms with Crippen molar-refractivity contribution in [3.05, 3.63) is 23.0 Å². The fourth-order valence-corrected chi connectivity index (χ4v) is 2.54. The third-order valence-corrected chi connectivity index (χ3v) is 3.59. The first-order chi connectivity index (χ1) is 9.47. The SMILES string of the molecule is CC1NC(c2c3cc(Cl)cnc3nn2C)N=C(N)C1F. The topological polar surface area (TPSA) is 81.1 Å². The Kier molecular flexibility index (Phi) is 3.10. The van der Waals surface area contributed by atoms with Crippen LogP contribution in [0.2, 0.25) is 5.02 Å². The Morgan fingerprint density at radius 2 is 2.25 bits per heavy atom. The van der Waals surface area contributed by atoms with Crippen LogP contribution in [0.5, 0.6) is 0 Å². The summed E-state index contributed by atoms with van der Waals surface area (Å²) in [6.45, 7) is 1.73. The molecule has 6 nitrogen and oxygen atoms in total. The Morgan fingerprint density at radius 1 is 1.50 bits per heavy atom. The lowest BCUT2D eigenvalue weighted by molar-refractivity contribution is 0.287. The molecule has 0 fully saturated rings. The Hall–Kier alpha value is -1.73. The van der Waals surface area contributed by atoms with Crippen LogP contribution in [-0.4, -0.2) is 32.8 Å². The molecule has 0 bridgehead atoms. The molecule has 3 heterocycles. The van der Waals surface area contributed by atoms with Gasteiger partial charge in [-0.1, -0.05) is 11.6 Å². The predicted molar refractivity (Wildman–Crippen MR) is 75.4 cm³/mol. The molecule has 3 atom stereocenters. The first-order valence-electron chi connectivity index (χ1n) is 6.19. The zero-order chi connectivity index (χ0) is 14.4. The molecule has 0 saturated heterocycles. The van der Waals surface area contributed by atoms with Crippen LogP contribution in [0.4, 0.5) is 4.39 Å². The van der Waals surface area contributed by atoms with Gasteiger partial charge in [-0.15, -0.1) is 0 Å². The minimum Gasteiger partial charge on any atom is -0.385 e. The fraction of sp³-hybridized carbons (Fsp3) is 0.417. The molecule has 3 N–H and O–H groups in total. The van der Waals surface area contributed by atoms with Crippen molar-refractivity contribution in [2.45, 2.75) is 25.3 Å². The van der Waals surface area contributed by atoms with E-state index in [-0.39, 0.29) is 5.84 Å². The smallest absolute Gasteiger partial charge is 0.181 e. The molecule has 1 aliphatic rings. The van der Waals surface area contributed by atoms with Crippen molar-refractivity contribution < 1.29 is 4.39 Å².